The number of hydrogen-bond acceptors (Lipinski definition) is 4. The van der Waals surface area contributed by atoms with Crippen LogP contribution in [0.15, 0.2) is 24.3 Å². The van der Waals surface area contributed by atoms with Crippen molar-refractivity contribution in [2.45, 2.75) is 32.2 Å². The summed E-state index contributed by atoms with van der Waals surface area (Å²) in [4.78, 5) is 31.2. The Morgan fingerprint density at radius 1 is 1.15 bits per heavy atom. The van der Waals surface area contributed by atoms with Gasteiger partial charge in [-0.1, -0.05) is 12.1 Å². The lowest BCUT2D eigenvalue weighted by atomic mass is 9.72. The smallest absolute Gasteiger partial charge is 0.253 e. The minimum atomic E-state index is 0.102. The van der Waals surface area contributed by atoms with Crippen LogP contribution in [0.2, 0.25) is 0 Å². The van der Waals surface area contributed by atoms with E-state index in [2.05, 4.69) is 4.90 Å². The maximum absolute atomic E-state index is 12.8. The Hall–Kier alpha value is -1.92. The molecule has 1 aromatic carbocycles. The normalized spacial score (nSPS) is 19.8. The lowest BCUT2D eigenvalue weighted by molar-refractivity contribution is -0.139. The molecule has 0 saturated carbocycles. The molecule has 6 nitrogen and oxygen atoms in total. The molecule has 2 saturated heterocycles. The van der Waals surface area contributed by atoms with E-state index in [1.165, 1.54) is 0 Å². The van der Waals surface area contributed by atoms with Crippen molar-refractivity contribution in [1.82, 2.24) is 14.7 Å². The van der Waals surface area contributed by atoms with Crippen LogP contribution in [0, 0.1) is 5.41 Å². The Labute approximate surface area is 162 Å². The number of carbonyl (C=O) groups excluding carboxylic acids is 2. The molecule has 3 rings (SSSR count). The Morgan fingerprint density at radius 2 is 1.81 bits per heavy atom. The minimum Gasteiger partial charge on any atom is -0.341 e. The van der Waals surface area contributed by atoms with Gasteiger partial charge in [0, 0.05) is 51.3 Å². The largest absolute Gasteiger partial charge is 0.341 e. The molecular weight excluding hydrogens is 340 g/mol. The Kier molecular flexibility index (Phi) is 6.17. The van der Waals surface area contributed by atoms with Crippen molar-refractivity contribution in [3.05, 3.63) is 35.4 Å². The second-order valence-corrected chi connectivity index (χ2v) is 8.31. The number of carbonyl (C=O) groups is 2. The first-order chi connectivity index (χ1) is 12.9. The van der Waals surface area contributed by atoms with Gasteiger partial charge in [-0.25, -0.2) is 0 Å². The van der Waals surface area contributed by atoms with E-state index in [4.69, 9.17) is 5.73 Å². The van der Waals surface area contributed by atoms with Crippen LogP contribution in [-0.2, 0) is 11.3 Å². The first kappa shape index (κ1) is 19.8. The molecule has 0 aliphatic carbocycles. The molecule has 27 heavy (non-hydrogen) atoms. The third kappa shape index (κ3) is 4.68. The predicted molar refractivity (Wildman–Crippen MR) is 106 cm³/mol. The SMILES string of the molecule is CN(C)CCN1CC2(CCC1=O)CCN(C(=O)c1ccc(CN)cc1)CC2. The lowest BCUT2D eigenvalue weighted by Crippen LogP contribution is -2.53. The summed E-state index contributed by atoms with van der Waals surface area (Å²) in [6.45, 7) is 4.56. The molecule has 2 aliphatic rings. The quantitative estimate of drug-likeness (QED) is 0.851. The van der Waals surface area contributed by atoms with Gasteiger partial charge in [0.1, 0.15) is 0 Å². The second-order valence-electron chi connectivity index (χ2n) is 8.31. The molecule has 0 radical (unpaired) electrons. The van der Waals surface area contributed by atoms with E-state index in [9.17, 15) is 9.59 Å². The van der Waals surface area contributed by atoms with Gasteiger partial charge in [0.05, 0.1) is 0 Å². The maximum Gasteiger partial charge on any atom is 0.253 e. The van der Waals surface area contributed by atoms with Crippen molar-refractivity contribution in [3.8, 4) is 0 Å². The number of amides is 2. The topological polar surface area (TPSA) is 69.9 Å². The van der Waals surface area contributed by atoms with Gasteiger partial charge < -0.3 is 20.4 Å². The summed E-state index contributed by atoms with van der Waals surface area (Å²) in [7, 11) is 4.07. The van der Waals surface area contributed by atoms with Crippen LogP contribution in [0.5, 0.6) is 0 Å². The summed E-state index contributed by atoms with van der Waals surface area (Å²) in [5, 5.41) is 0. The van der Waals surface area contributed by atoms with E-state index in [-0.39, 0.29) is 17.2 Å². The van der Waals surface area contributed by atoms with Crippen LogP contribution in [0.3, 0.4) is 0 Å². The monoisotopic (exact) mass is 372 g/mol. The number of hydrogen-bond donors (Lipinski definition) is 1. The van der Waals surface area contributed by atoms with Crippen LogP contribution >= 0.6 is 0 Å². The van der Waals surface area contributed by atoms with Crippen LogP contribution in [0.4, 0.5) is 0 Å². The van der Waals surface area contributed by atoms with Crippen molar-refractivity contribution in [2.24, 2.45) is 11.1 Å². The van der Waals surface area contributed by atoms with Crippen molar-refractivity contribution in [2.75, 3.05) is 46.8 Å². The van der Waals surface area contributed by atoms with Crippen LogP contribution in [-0.4, -0.2) is 73.3 Å². The molecule has 2 aliphatic heterocycles. The highest BCUT2D eigenvalue weighted by molar-refractivity contribution is 5.94. The molecule has 1 spiro atoms. The van der Waals surface area contributed by atoms with E-state index in [0.717, 1.165) is 63.1 Å². The molecule has 0 aromatic heterocycles. The number of rotatable bonds is 5. The summed E-state index contributed by atoms with van der Waals surface area (Å²) in [5.41, 5.74) is 7.58. The van der Waals surface area contributed by atoms with Crippen LogP contribution in [0.25, 0.3) is 0 Å². The Balaban J connectivity index is 1.58. The number of nitrogens with two attached hydrogens (primary N) is 1. The number of piperidine rings is 2. The zero-order valence-electron chi connectivity index (χ0n) is 16.6. The molecule has 2 amide bonds. The molecule has 2 heterocycles. The van der Waals surface area contributed by atoms with Gasteiger partial charge in [-0.05, 0) is 56.5 Å². The lowest BCUT2D eigenvalue weighted by Gasteiger charge is -2.47. The van der Waals surface area contributed by atoms with Crippen molar-refractivity contribution < 1.29 is 9.59 Å². The highest BCUT2D eigenvalue weighted by Crippen LogP contribution is 2.40. The molecule has 2 fully saturated rings. The van der Waals surface area contributed by atoms with E-state index in [1.807, 2.05) is 48.2 Å². The molecule has 1 aromatic rings. The number of likely N-dealkylation sites (N-methyl/N-ethyl adjacent to an activating group) is 1. The molecule has 0 atom stereocenters. The zero-order valence-corrected chi connectivity index (χ0v) is 16.6. The summed E-state index contributed by atoms with van der Waals surface area (Å²) >= 11 is 0. The fraction of sp³-hybridized carbons (Fsp3) is 0.619. The van der Waals surface area contributed by atoms with Crippen molar-refractivity contribution >= 4 is 11.8 Å². The molecular formula is C21H32N4O2. The van der Waals surface area contributed by atoms with Gasteiger partial charge in [-0.3, -0.25) is 9.59 Å². The van der Waals surface area contributed by atoms with Gasteiger partial charge in [0.25, 0.3) is 5.91 Å². The molecule has 0 unspecified atom stereocenters. The summed E-state index contributed by atoms with van der Waals surface area (Å²) in [6.07, 6.45) is 3.55. The Morgan fingerprint density at radius 3 is 2.41 bits per heavy atom. The zero-order chi connectivity index (χ0) is 19.4. The first-order valence-electron chi connectivity index (χ1n) is 9.93. The number of likely N-dealkylation sites (tertiary alicyclic amines) is 2. The maximum atomic E-state index is 12.8. The number of benzene rings is 1. The molecule has 6 heteroatoms. The predicted octanol–water partition coefficient (Wildman–Crippen LogP) is 1.55. The molecule has 0 bridgehead atoms. The summed E-state index contributed by atoms with van der Waals surface area (Å²) < 4.78 is 0. The van der Waals surface area contributed by atoms with E-state index >= 15 is 0 Å². The third-order valence-electron chi connectivity index (χ3n) is 6.11. The van der Waals surface area contributed by atoms with Crippen molar-refractivity contribution in [1.29, 1.82) is 0 Å². The molecule has 148 valence electrons. The fourth-order valence-electron chi connectivity index (χ4n) is 4.19. The van der Waals surface area contributed by atoms with Crippen LogP contribution in [0.1, 0.15) is 41.6 Å². The summed E-state index contributed by atoms with van der Waals surface area (Å²) in [5.74, 6) is 0.380. The number of nitrogens with zero attached hydrogens (tertiary/aromatic N) is 3. The van der Waals surface area contributed by atoms with Gasteiger partial charge in [0.2, 0.25) is 5.91 Å². The van der Waals surface area contributed by atoms with Gasteiger partial charge in [0.15, 0.2) is 0 Å². The average Bonchev–Trinajstić information content (AvgIpc) is 2.69. The second kappa shape index (κ2) is 8.40. The van der Waals surface area contributed by atoms with E-state index in [0.29, 0.717) is 13.0 Å². The van der Waals surface area contributed by atoms with E-state index < -0.39 is 0 Å². The fourth-order valence-corrected chi connectivity index (χ4v) is 4.19. The third-order valence-corrected chi connectivity index (χ3v) is 6.11. The average molecular weight is 373 g/mol. The first-order valence-corrected chi connectivity index (χ1v) is 9.93. The molecule has 2 N–H and O–H groups in total. The highest BCUT2D eigenvalue weighted by atomic mass is 16.2. The minimum absolute atomic E-state index is 0.102. The standard InChI is InChI=1S/C21H32N4O2/c1-23(2)13-14-25-16-21(8-7-19(25)26)9-11-24(12-10-21)20(27)18-5-3-17(15-22)4-6-18/h3-6H,7-16,22H2,1-2H3. The summed E-state index contributed by atoms with van der Waals surface area (Å²) in [6, 6.07) is 7.59. The van der Waals surface area contributed by atoms with Crippen LogP contribution < -0.4 is 5.73 Å². The van der Waals surface area contributed by atoms with Gasteiger partial charge in [-0.15, -0.1) is 0 Å². The highest BCUT2D eigenvalue weighted by Gasteiger charge is 2.41. The van der Waals surface area contributed by atoms with Gasteiger partial charge in [-0.2, -0.15) is 0 Å². The Bertz CT molecular complexity index is 663. The van der Waals surface area contributed by atoms with Crippen molar-refractivity contribution in [3.63, 3.8) is 0 Å². The van der Waals surface area contributed by atoms with Gasteiger partial charge >= 0.3 is 0 Å². The van der Waals surface area contributed by atoms with E-state index in [1.54, 1.807) is 0 Å².